The van der Waals surface area contributed by atoms with Gasteiger partial charge in [-0.05, 0) is 66.3 Å². The van der Waals surface area contributed by atoms with Crippen molar-refractivity contribution in [2.45, 2.75) is 193 Å². The Morgan fingerprint density at radius 3 is 0.509 bits per heavy atom. The normalized spacial score (nSPS) is 15.6. The fourth-order valence-electron chi connectivity index (χ4n) is 10.8. The van der Waals surface area contributed by atoms with Gasteiger partial charge >= 0.3 is 143 Å². The molecule has 0 aromatic heterocycles. The lowest BCUT2D eigenvalue weighted by molar-refractivity contribution is -0.461. The Bertz CT molecular complexity index is 3700. The highest BCUT2D eigenvalue weighted by Crippen LogP contribution is 2.69. The van der Waals surface area contributed by atoms with Gasteiger partial charge in [-0.3, -0.25) is 0 Å². The van der Waals surface area contributed by atoms with E-state index in [0.29, 0.717) is 6.07 Å². The molecule has 0 aliphatic carbocycles. The molecule has 116 heavy (non-hydrogen) atoms. The maximum atomic E-state index is 16.6. The fraction of sp³-hybridized carbons (Fsp3) is 0.516. The average molecular weight is 1840 g/mol. The van der Waals surface area contributed by atoms with Crippen LogP contribution in [-0.4, -0.2) is 151 Å². The molecule has 0 nitrogen and oxygen atoms in total. The summed E-state index contributed by atoms with van der Waals surface area (Å²) in [6.45, 7) is 0. The predicted molar refractivity (Wildman–Crippen MR) is 308 cm³/mol. The third kappa shape index (κ3) is 15.9. The molecule has 0 bridgehead atoms. The van der Waals surface area contributed by atoms with E-state index in [4.69, 9.17) is 0 Å². The standard InChI is InChI=1S/C62H39F51P2Si/c63-39(64,42(69,70)45(75,76)48(81,82)51(87,88)54(93,94)57(99,100)60(105,106)107)21-24-116(25-22-40(65,66)43(71,72)46(77,78)49(83,84)52(89,90)55(95,96)58(101,102)61(108,109)110,26-23-41(67,68)44(73,74)47(79,80)50(85,86)53(91,92)56(97,98)59(103,104)62(111,112)113)38-28-32(30-114(34-13-5-1-6-14-34)35-15-7-2-8-16-35)27-33(29-38)31-115(36-17-9-3-10-18-36)37-19-11-4-12-20-37/h1-20,27-29H,21-26,30-31H2. The molecule has 5 rings (SSSR count). The zero-order chi connectivity index (χ0) is 90.6. The van der Waals surface area contributed by atoms with Gasteiger partial charge in [-0.15, -0.1) is 0 Å². The van der Waals surface area contributed by atoms with Gasteiger partial charge in [-0.25, -0.2) is 0 Å². The van der Waals surface area contributed by atoms with Crippen LogP contribution in [0.1, 0.15) is 30.4 Å². The van der Waals surface area contributed by atoms with Gasteiger partial charge in [0.2, 0.25) is 0 Å². The molecule has 0 aliphatic heterocycles. The van der Waals surface area contributed by atoms with Gasteiger partial charge in [0.15, 0.2) is 0 Å². The van der Waals surface area contributed by atoms with Gasteiger partial charge in [-0.2, -0.15) is 224 Å². The summed E-state index contributed by atoms with van der Waals surface area (Å²) in [6, 6.07) is 11.3. The first-order valence-electron chi connectivity index (χ1n) is 30.4. The van der Waals surface area contributed by atoms with Crippen molar-refractivity contribution >= 4 is 50.3 Å². The van der Waals surface area contributed by atoms with E-state index in [1.165, 1.54) is 24.3 Å². The summed E-state index contributed by atoms with van der Waals surface area (Å²) in [5.41, 5.74) is -2.06. The summed E-state index contributed by atoms with van der Waals surface area (Å²) in [6.07, 6.45) is -41.5. The van der Waals surface area contributed by atoms with Crippen molar-refractivity contribution in [2.75, 3.05) is 0 Å². The summed E-state index contributed by atoms with van der Waals surface area (Å²) >= 11 is 0. The predicted octanol–water partition coefficient (Wildman–Crippen LogP) is 24.8. The van der Waals surface area contributed by atoms with E-state index in [-0.39, 0.29) is 33.4 Å². The van der Waals surface area contributed by atoms with Crippen molar-refractivity contribution in [3.05, 3.63) is 151 Å². The molecule has 5 aromatic carbocycles. The van der Waals surface area contributed by atoms with Gasteiger partial charge in [0.25, 0.3) is 0 Å². The lowest BCUT2D eigenvalue weighted by atomic mass is 9.88. The SMILES string of the molecule is FC(F)(F)C(F)(F)C(F)(F)C(F)(F)C(F)(F)C(F)(F)C(F)(F)C(F)(F)CC[Si](CCC(F)(F)C(F)(F)C(F)(F)C(F)(F)C(F)(F)C(F)(F)C(F)(F)C(F)(F)F)(CCC(F)(F)C(F)(F)C(F)(F)C(F)(F)C(F)(F)C(F)(F)C(F)(F)C(F)(F)F)c1cc(CP(c2ccccc2)c2ccccc2)cc(CP(c2ccccc2)c2ccccc2)c1. The summed E-state index contributed by atoms with van der Waals surface area (Å²) in [4.78, 5) is 0. The van der Waals surface area contributed by atoms with Gasteiger partial charge < -0.3 is 0 Å². The molecule has 0 unspecified atom stereocenters. The molecule has 0 spiro atoms. The Balaban J connectivity index is 2.08. The van der Waals surface area contributed by atoms with Gasteiger partial charge in [0.05, 0.1) is 8.07 Å². The minimum absolute atomic E-state index is 0.0832. The van der Waals surface area contributed by atoms with Crippen LogP contribution in [0.5, 0.6) is 0 Å². The average Bonchev–Trinajstić information content (AvgIpc) is 0.703. The zero-order valence-corrected chi connectivity index (χ0v) is 57.9. The summed E-state index contributed by atoms with van der Waals surface area (Å²) in [5.74, 6) is -195. The topological polar surface area (TPSA) is 0 Å². The second-order valence-electron chi connectivity index (χ2n) is 25.3. The maximum Gasteiger partial charge on any atom is 0.460 e. The Kier molecular flexibility index (Phi) is 26.7. The summed E-state index contributed by atoms with van der Waals surface area (Å²) < 4.78 is 754. The van der Waals surface area contributed by atoms with E-state index in [1.54, 1.807) is 0 Å². The molecule has 0 N–H and O–H groups in total. The second kappa shape index (κ2) is 30.9. The molecule has 0 atom stereocenters. The highest BCUT2D eigenvalue weighted by molar-refractivity contribution is 7.72. The number of alkyl halides is 51. The van der Waals surface area contributed by atoms with E-state index in [1.807, 2.05) is 0 Å². The van der Waals surface area contributed by atoms with Crippen molar-refractivity contribution in [3.63, 3.8) is 0 Å². The van der Waals surface area contributed by atoms with Gasteiger partial charge in [-0.1, -0.05) is 145 Å². The first-order valence-corrected chi connectivity index (χ1v) is 36.0. The van der Waals surface area contributed by atoms with E-state index in [2.05, 4.69) is 0 Å². The molecule has 0 radical (unpaired) electrons. The monoisotopic (exact) mass is 1840 g/mol. The van der Waals surface area contributed by atoms with Crippen molar-refractivity contribution in [1.29, 1.82) is 0 Å². The molecule has 5 aromatic rings. The third-order valence-corrected chi connectivity index (χ3v) is 27.9. The van der Waals surface area contributed by atoms with Crippen molar-refractivity contribution < 1.29 is 224 Å². The third-order valence-electron chi connectivity index (χ3n) is 17.7. The number of rotatable bonds is 36. The Labute approximate surface area is 616 Å². The maximum absolute atomic E-state index is 16.6. The van der Waals surface area contributed by atoms with E-state index in [9.17, 15) is 119 Å². The number of benzene rings is 5. The number of hydrogen-bond donors (Lipinski definition) is 0. The molecule has 0 amide bonds. The van der Waals surface area contributed by atoms with Crippen LogP contribution in [0.15, 0.2) is 140 Å². The van der Waals surface area contributed by atoms with Crippen LogP contribution in [0, 0.1) is 0 Å². The van der Waals surface area contributed by atoms with Crippen LogP contribution in [0.3, 0.4) is 0 Å². The minimum Gasteiger partial charge on any atom is -0.200 e. The minimum atomic E-state index is -9.75. The van der Waals surface area contributed by atoms with Crippen LogP contribution in [0.25, 0.3) is 0 Å². The molecular formula is C62H39F51P2Si. The molecule has 0 aliphatic rings. The lowest BCUT2D eigenvalue weighted by Gasteiger charge is -2.44. The summed E-state index contributed by atoms with van der Waals surface area (Å²) in [5, 5.41) is -2.58. The van der Waals surface area contributed by atoms with Crippen LogP contribution in [0.4, 0.5) is 224 Å². The van der Waals surface area contributed by atoms with E-state index in [0.717, 1.165) is 97.1 Å². The molecule has 0 saturated heterocycles. The van der Waals surface area contributed by atoms with Crippen molar-refractivity contribution in [1.82, 2.24) is 0 Å². The van der Waals surface area contributed by atoms with Gasteiger partial charge in [0.1, 0.15) is 0 Å². The Morgan fingerprint density at radius 1 is 0.190 bits per heavy atom. The zero-order valence-electron chi connectivity index (χ0n) is 55.1. The molecule has 54 heteroatoms. The highest BCUT2D eigenvalue weighted by atomic mass is 31.1. The first kappa shape index (κ1) is 100. The number of halogens is 51. The smallest absolute Gasteiger partial charge is 0.200 e. The molecule has 0 fully saturated rings. The van der Waals surface area contributed by atoms with Crippen LogP contribution >= 0.6 is 15.8 Å². The second-order valence-corrected chi connectivity index (χ2v) is 34.3. The first-order chi connectivity index (χ1) is 51.3. The van der Waals surface area contributed by atoms with Crippen LogP contribution in [0.2, 0.25) is 18.1 Å². The highest BCUT2D eigenvalue weighted by Gasteiger charge is 2.99. The molecule has 0 heterocycles. The largest absolute Gasteiger partial charge is 0.460 e. The molecular weight excluding hydrogens is 1800 g/mol. The van der Waals surface area contributed by atoms with Crippen molar-refractivity contribution in [2.24, 2.45) is 0 Å². The van der Waals surface area contributed by atoms with Crippen LogP contribution < -0.4 is 26.4 Å². The lowest BCUT2D eigenvalue weighted by Crippen LogP contribution is -2.74. The van der Waals surface area contributed by atoms with E-state index < -0.39 is 233 Å². The fourth-order valence-corrected chi connectivity index (χ4v) is 20.3. The van der Waals surface area contributed by atoms with Crippen LogP contribution in [-0.2, 0) is 12.3 Å². The van der Waals surface area contributed by atoms with Crippen molar-refractivity contribution in [3.8, 4) is 0 Å². The molecule has 0 saturated carbocycles. The van der Waals surface area contributed by atoms with E-state index >= 15 is 105 Å². The summed E-state index contributed by atoms with van der Waals surface area (Å²) in [7, 11) is -13.2. The number of hydrogen-bond acceptors (Lipinski definition) is 0. The molecule has 658 valence electrons. The van der Waals surface area contributed by atoms with Gasteiger partial charge in [0, 0.05) is 31.6 Å². The quantitative estimate of drug-likeness (QED) is 0.0213. The Hall–Kier alpha value is -6.39. The Morgan fingerprint density at radius 2 is 0.345 bits per heavy atom.